The first-order valence-corrected chi connectivity index (χ1v) is 10.5. The summed E-state index contributed by atoms with van der Waals surface area (Å²) in [6.45, 7) is 2.15. The van der Waals surface area contributed by atoms with Crippen molar-refractivity contribution in [2.45, 2.75) is 31.6 Å². The van der Waals surface area contributed by atoms with Gasteiger partial charge in [-0.1, -0.05) is 60.7 Å². The lowest BCUT2D eigenvalue weighted by Crippen LogP contribution is -2.43. The van der Waals surface area contributed by atoms with Gasteiger partial charge in [-0.25, -0.2) is 0 Å². The van der Waals surface area contributed by atoms with Crippen LogP contribution in [0.1, 0.15) is 53.9 Å². The van der Waals surface area contributed by atoms with Crippen LogP contribution in [0.4, 0.5) is 0 Å². The van der Waals surface area contributed by atoms with E-state index in [0.29, 0.717) is 18.7 Å². The van der Waals surface area contributed by atoms with Crippen LogP contribution >= 0.6 is 0 Å². The number of ketones is 1. The second-order valence-electron chi connectivity index (χ2n) is 8.06. The molecule has 4 nitrogen and oxygen atoms in total. The highest BCUT2D eigenvalue weighted by Crippen LogP contribution is 2.42. The van der Waals surface area contributed by atoms with Crippen LogP contribution in [0.2, 0.25) is 0 Å². The third kappa shape index (κ3) is 4.33. The molecule has 0 aromatic heterocycles. The van der Waals surface area contributed by atoms with Crippen LogP contribution in [0.15, 0.2) is 48.5 Å². The lowest BCUT2D eigenvalue weighted by atomic mass is 9.74. The summed E-state index contributed by atoms with van der Waals surface area (Å²) in [6.07, 6.45) is 6.85. The molecule has 0 amide bonds. The summed E-state index contributed by atoms with van der Waals surface area (Å²) < 4.78 is 0. The molecule has 2 aliphatic rings. The largest absolute Gasteiger partial charge is 0.481 e. The monoisotopic (exact) mass is 389 g/mol. The van der Waals surface area contributed by atoms with E-state index in [1.54, 1.807) is 0 Å². The van der Waals surface area contributed by atoms with Crippen LogP contribution in [-0.4, -0.2) is 41.4 Å². The van der Waals surface area contributed by atoms with Gasteiger partial charge < -0.3 is 5.11 Å². The molecule has 0 bridgehead atoms. The summed E-state index contributed by atoms with van der Waals surface area (Å²) in [6, 6.07) is 16.8. The second-order valence-corrected chi connectivity index (χ2v) is 8.06. The minimum absolute atomic E-state index is 0.0209. The molecule has 0 saturated carbocycles. The van der Waals surface area contributed by atoms with Gasteiger partial charge in [-0.2, -0.15) is 0 Å². The normalized spacial score (nSPS) is 19.4. The third-order valence-electron chi connectivity index (χ3n) is 6.17. The molecule has 1 aliphatic carbocycles. The molecule has 1 heterocycles. The number of rotatable bonds is 6. The maximum absolute atomic E-state index is 13.2. The molecule has 1 unspecified atom stereocenters. The zero-order chi connectivity index (χ0) is 20.2. The van der Waals surface area contributed by atoms with Crippen molar-refractivity contribution in [1.82, 2.24) is 4.90 Å². The molecule has 0 radical (unpaired) electrons. The highest BCUT2D eigenvalue weighted by atomic mass is 16.4. The van der Waals surface area contributed by atoms with Gasteiger partial charge in [-0.3, -0.25) is 14.5 Å². The fraction of sp³-hybridized carbons (Fsp3) is 0.360. The number of benzene rings is 2. The Hall–Kier alpha value is -2.72. The van der Waals surface area contributed by atoms with Crippen LogP contribution in [0, 0.1) is 5.92 Å². The van der Waals surface area contributed by atoms with Crippen molar-refractivity contribution in [2.24, 2.45) is 5.92 Å². The van der Waals surface area contributed by atoms with Crippen molar-refractivity contribution in [2.75, 3.05) is 19.6 Å². The molecule has 1 N–H and O–H groups in total. The zero-order valence-electron chi connectivity index (χ0n) is 16.6. The molecular formula is C25H27NO3. The number of carbonyl (C=O) groups excluding carboxylic acids is 1. The van der Waals surface area contributed by atoms with Crippen LogP contribution in [-0.2, 0) is 9.59 Å². The van der Waals surface area contributed by atoms with Gasteiger partial charge in [0, 0.05) is 18.3 Å². The number of hydrogen-bond acceptors (Lipinski definition) is 3. The Bertz CT molecular complexity index is 884. The quantitative estimate of drug-likeness (QED) is 0.742. The van der Waals surface area contributed by atoms with Gasteiger partial charge in [-0.15, -0.1) is 0 Å². The number of unbranched alkanes of at least 4 members (excludes halogenated alkanes) is 1. The highest BCUT2D eigenvalue weighted by molar-refractivity contribution is 5.87. The Kier molecular flexibility index (Phi) is 5.91. The van der Waals surface area contributed by atoms with Crippen LogP contribution in [0.5, 0.6) is 0 Å². The summed E-state index contributed by atoms with van der Waals surface area (Å²) in [4.78, 5) is 26.1. The first-order valence-electron chi connectivity index (χ1n) is 10.5. The maximum atomic E-state index is 13.2. The van der Waals surface area contributed by atoms with Gasteiger partial charge in [0.1, 0.15) is 0 Å². The standard InChI is InChI=1S/C25H27NO3/c27-23-17-26(15-6-5-11-24(28)29)16-14-22(23)25-20-9-3-1-7-18(20)12-13-19-8-2-4-10-21(19)25/h1-4,7-10,12-13,22,25H,5-6,11,14-17H2,(H,28,29). The molecular weight excluding hydrogens is 362 g/mol. The molecule has 29 heavy (non-hydrogen) atoms. The molecule has 1 fully saturated rings. The van der Waals surface area contributed by atoms with E-state index >= 15 is 0 Å². The first kappa shape index (κ1) is 19.6. The number of nitrogens with zero attached hydrogens (tertiary/aromatic N) is 1. The van der Waals surface area contributed by atoms with Gasteiger partial charge in [0.25, 0.3) is 0 Å². The van der Waals surface area contributed by atoms with Crippen LogP contribution < -0.4 is 0 Å². The Morgan fingerprint density at radius 2 is 1.59 bits per heavy atom. The van der Waals surface area contributed by atoms with Crippen molar-refractivity contribution >= 4 is 23.9 Å². The Morgan fingerprint density at radius 1 is 0.966 bits per heavy atom. The molecule has 0 spiro atoms. The number of carboxylic acid groups (broad SMARTS) is 1. The van der Waals surface area contributed by atoms with Gasteiger partial charge in [0.15, 0.2) is 5.78 Å². The van der Waals surface area contributed by atoms with E-state index in [1.165, 1.54) is 22.3 Å². The summed E-state index contributed by atoms with van der Waals surface area (Å²) in [5.74, 6) is -0.392. The molecule has 150 valence electrons. The number of aliphatic carboxylic acids is 1. The molecule has 1 aliphatic heterocycles. The highest BCUT2D eigenvalue weighted by Gasteiger charge is 2.36. The number of piperidine rings is 1. The van der Waals surface area contributed by atoms with Gasteiger partial charge >= 0.3 is 5.97 Å². The van der Waals surface area contributed by atoms with E-state index in [1.807, 2.05) is 0 Å². The summed E-state index contributed by atoms with van der Waals surface area (Å²) >= 11 is 0. The first-order chi connectivity index (χ1) is 14.1. The lowest BCUT2D eigenvalue weighted by molar-refractivity contribution is -0.137. The van der Waals surface area contributed by atoms with E-state index < -0.39 is 5.97 Å². The third-order valence-corrected chi connectivity index (χ3v) is 6.17. The number of fused-ring (bicyclic) bond motifs is 2. The average Bonchev–Trinajstić information content (AvgIpc) is 2.88. The smallest absolute Gasteiger partial charge is 0.303 e. The Labute approximate surface area is 171 Å². The average molecular weight is 389 g/mol. The Morgan fingerprint density at radius 3 is 2.17 bits per heavy atom. The molecule has 2 aromatic carbocycles. The van der Waals surface area contributed by atoms with Gasteiger partial charge in [0.2, 0.25) is 0 Å². The number of carbonyl (C=O) groups is 2. The minimum Gasteiger partial charge on any atom is -0.481 e. The molecule has 2 aromatic rings. The number of carboxylic acids is 1. The van der Waals surface area contributed by atoms with E-state index in [4.69, 9.17) is 5.11 Å². The lowest BCUT2D eigenvalue weighted by Gasteiger charge is -2.36. The van der Waals surface area contributed by atoms with Crippen molar-refractivity contribution < 1.29 is 14.7 Å². The van der Waals surface area contributed by atoms with Crippen molar-refractivity contribution in [3.63, 3.8) is 0 Å². The topological polar surface area (TPSA) is 57.6 Å². The van der Waals surface area contributed by atoms with Crippen molar-refractivity contribution in [1.29, 1.82) is 0 Å². The predicted molar refractivity (Wildman–Crippen MR) is 115 cm³/mol. The Balaban J connectivity index is 1.54. The zero-order valence-corrected chi connectivity index (χ0v) is 16.6. The van der Waals surface area contributed by atoms with Crippen molar-refractivity contribution in [3.05, 3.63) is 70.8 Å². The van der Waals surface area contributed by atoms with Gasteiger partial charge in [0.05, 0.1) is 6.54 Å². The summed E-state index contributed by atoms with van der Waals surface area (Å²) in [5, 5.41) is 8.78. The predicted octanol–water partition coefficient (Wildman–Crippen LogP) is 4.45. The van der Waals surface area contributed by atoms with Gasteiger partial charge in [-0.05, 0) is 54.6 Å². The number of likely N-dealkylation sites (tertiary alicyclic amines) is 1. The van der Waals surface area contributed by atoms with E-state index in [-0.39, 0.29) is 18.3 Å². The van der Waals surface area contributed by atoms with Crippen LogP contribution in [0.25, 0.3) is 12.2 Å². The molecule has 4 rings (SSSR count). The fourth-order valence-corrected chi connectivity index (χ4v) is 4.73. The number of hydrogen-bond donors (Lipinski definition) is 1. The fourth-order valence-electron chi connectivity index (χ4n) is 4.73. The summed E-state index contributed by atoms with van der Waals surface area (Å²) in [5.41, 5.74) is 4.86. The minimum atomic E-state index is -0.751. The van der Waals surface area contributed by atoms with E-state index in [0.717, 1.165) is 25.9 Å². The SMILES string of the molecule is O=C(O)CCCCN1CCC(C2c3ccccc3C=Cc3ccccc32)C(=O)C1. The van der Waals surface area contributed by atoms with E-state index in [2.05, 4.69) is 65.6 Å². The van der Waals surface area contributed by atoms with Crippen LogP contribution in [0.3, 0.4) is 0 Å². The molecule has 1 saturated heterocycles. The number of Topliss-reactive ketones (excluding diaryl/α,β-unsaturated/α-hetero) is 1. The molecule has 4 heteroatoms. The molecule has 1 atom stereocenters. The van der Waals surface area contributed by atoms with E-state index in [9.17, 15) is 9.59 Å². The van der Waals surface area contributed by atoms with Crippen molar-refractivity contribution in [3.8, 4) is 0 Å². The summed E-state index contributed by atoms with van der Waals surface area (Å²) in [7, 11) is 0. The second kappa shape index (κ2) is 8.75. The maximum Gasteiger partial charge on any atom is 0.303 e.